The van der Waals surface area contributed by atoms with Crippen molar-refractivity contribution in [3.63, 3.8) is 0 Å². The van der Waals surface area contributed by atoms with Crippen molar-refractivity contribution in [1.29, 1.82) is 0 Å². The van der Waals surface area contributed by atoms with Crippen LogP contribution in [-0.2, 0) is 0 Å². The van der Waals surface area contributed by atoms with Crippen LogP contribution in [0.25, 0.3) is 0 Å². The van der Waals surface area contributed by atoms with Gasteiger partial charge in [0.2, 0.25) is 0 Å². The van der Waals surface area contributed by atoms with Crippen LogP contribution in [0.1, 0.15) is 68.1 Å². The van der Waals surface area contributed by atoms with E-state index >= 15 is 0 Å². The van der Waals surface area contributed by atoms with Gasteiger partial charge in [0.1, 0.15) is 0 Å². The van der Waals surface area contributed by atoms with Gasteiger partial charge in [0.05, 0.1) is 0 Å². The zero-order chi connectivity index (χ0) is 12.9. The van der Waals surface area contributed by atoms with Crippen LogP contribution in [0.2, 0.25) is 0 Å². The first-order chi connectivity index (χ1) is 7.43. The molecule has 0 radical (unpaired) electrons. The molecule has 0 saturated carbocycles. The van der Waals surface area contributed by atoms with Crippen molar-refractivity contribution in [3.8, 4) is 0 Å². The van der Waals surface area contributed by atoms with E-state index in [0.717, 1.165) is 17.0 Å². The second kappa shape index (κ2) is 6.36. The number of rotatable bonds is 2. The lowest BCUT2D eigenvalue weighted by Crippen LogP contribution is -2.09. The molecule has 0 aliphatic rings. The molecule has 0 spiro atoms. The minimum atomic E-state index is -0.0773. The lowest BCUT2D eigenvalue weighted by molar-refractivity contribution is 0.100. The molecule has 1 aromatic rings. The van der Waals surface area contributed by atoms with E-state index < -0.39 is 0 Å². The number of Topliss-reactive ketones (excluding diaryl/α,β-unsaturated/α-hetero) is 1. The zero-order valence-electron chi connectivity index (χ0n) is 11.4. The molecular weight excluding hydrogens is 200 g/mol. The average Bonchev–Trinajstić information content (AvgIpc) is 2.18. The Kier molecular flexibility index (Phi) is 5.86. The normalized spacial score (nSPS) is 9.75. The molecule has 0 aromatic carbocycles. The first kappa shape index (κ1) is 14.8. The molecule has 0 N–H and O–H groups in total. The highest BCUT2D eigenvalue weighted by atomic mass is 16.1. The van der Waals surface area contributed by atoms with Gasteiger partial charge >= 0.3 is 0 Å². The Morgan fingerprint density at radius 1 is 1.06 bits per heavy atom. The first-order valence-corrected chi connectivity index (χ1v) is 5.79. The molecule has 90 valence electrons. The highest BCUT2D eigenvalue weighted by molar-refractivity contribution is 5.90. The van der Waals surface area contributed by atoms with Crippen LogP contribution in [0.4, 0.5) is 0 Å². The molecule has 1 rings (SSSR count). The summed E-state index contributed by atoms with van der Waals surface area (Å²) in [5.74, 6) is 0.645. The van der Waals surface area contributed by atoms with Gasteiger partial charge in [0.15, 0.2) is 11.6 Å². The second-order valence-corrected chi connectivity index (χ2v) is 3.84. The summed E-state index contributed by atoms with van der Waals surface area (Å²) in [6.45, 7) is 13.6. The quantitative estimate of drug-likeness (QED) is 0.720. The molecule has 1 aromatic heterocycles. The van der Waals surface area contributed by atoms with Crippen molar-refractivity contribution in [1.82, 2.24) is 9.97 Å². The molecule has 3 heteroatoms. The minimum absolute atomic E-state index is 0.0773. The molecule has 0 saturated heterocycles. The van der Waals surface area contributed by atoms with Gasteiger partial charge in [0, 0.05) is 18.3 Å². The van der Waals surface area contributed by atoms with E-state index in [1.165, 1.54) is 6.92 Å². The fraction of sp³-hybridized carbons (Fsp3) is 0.615. The predicted octanol–water partition coefficient (Wildman–Crippen LogP) is 3.45. The maximum absolute atomic E-state index is 11.1. The molecule has 0 atom stereocenters. The summed E-state index contributed by atoms with van der Waals surface area (Å²) in [5.41, 5.74) is 2.98. The number of aryl methyl sites for hydroxylation is 2. The third-order valence-corrected chi connectivity index (χ3v) is 2.22. The Balaban J connectivity index is 0.00000106. The van der Waals surface area contributed by atoms with Crippen LogP contribution in [0.3, 0.4) is 0 Å². The van der Waals surface area contributed by atoms with E-state index in [-0.39, 0.29) is 5.78 Å². The molecule has 0 bridgehead atoms. The maximum Gasteiger partial charge on any atom is 0.196 e. The monoisotopic (exact) mass is 222 g/mol. The Hall–Kier alpha value is -1.25. The molecule has 1 heterocycles. The smallest absolute Gasteiger partial charge is 0.196 e. The van der Waals surface area contributed by atoms with Crippen molar-refractivity contribution in [3.05, 3.63) is 22.8 Å². The standard InChI is InChI=1S/C11H16N2O.C2H6/c1-6(2)10-7(3)12-11(9(5)14)13-8(10)4;1-2/h6H,1-5H3;1-2H3. The Morgan fingerprint density at radius 2 is 1.44 bits per heavy atom. The van der Waals surface area contributed by atoms with Crippen LogP contribution >= 0.6 is 0 Å². The fourth-order valence-electron chi connectivity index (χ4n) is 1.72. The lowest BCUT2D eigenvalue weighted by Gasteiger charge is -2.12. The molecule has 3 nitrogen and oxygen atoms in total. The summed E-state index contributed by atoms with van der Waals surface area (Å²) in [7, 11) is 0. The van der Waals surface area contributed by atoms with Crippen LogP contribution in [0, 0.1) is 13.8 Å². The largest absolute Gasteiger partial charge is 0.291 e. The molecule has 0 aliphatic carbocycles. The Labute approximate surface area is 98.3 Å². The highest BCUT2D eigenvalue weighted by Crippen LogP contribution is 2.20. The summed E-state index contributed by atoms with van der Waals surface area (Å²) in [5, 5.41) is 0. The number of aromatic nitrogens is 2. The lowest BCUT2D eigenvalue weighted by atomic mass is 10.00. The third-order valence-electron chi connectivity index (χ3n) is 2.22. The second-order valence-electron chi connectivity index (χ2n) is 3.84. The van der Waals surface area contributed by atoms with Gasteiger partial charge in [-0.2, -0.15) is 0 Å². The summed E-state index contributed by atoms with van der Waals surface area (Å²) < 4.78 is 0. The van der Waals surface area contributed by atoms with E-state index in [9.17, 15) is 4.79 Å². The topological polar surface area (TPSA) is 42.9 Å². The summed E-state index contributed by atoms with van der Waals surface area (Å²) in [6.07, 6.45) is 0. The van der Waals surface area contributed by atoms with Gasteiger partial charge in [0.25, 0.3) is 0 Å². The maximum atomic E-state index is 11.1. The SMILES string of the molecule is CC.CC(=O)c1nc(C)c(C(C)C)c(C)n1. The average molecular weight is 222 g/mol. The van der Waals surface area contributed by atoms with E-state index in [1.54, 1.807) is 0 Å². The Bertz CT molecular complexity index is 347. The number of carbonyl (C=O) groups is 1. The Morgan fingerprint density at radius 3 is 1.69 bits per heavy atom. The number of hydrogen-bond donors (Lipinski definition) is 0. The van der Waals surface area contributed by atoms with Crippen molar-refractivity contribution >= 4 is 5.78 Å². The number of nitrogens with zero attached hydrogens (tertiary/aromatic N) is 2. The predicted molar refractivity (Wildman–Crippen MR) is 66.9 cm³/mol. The van der Waals surface area contributed by atoms with E-state index in [2.05, 4.69) is 23.8 Å². The minimum Gasteiger partial charge on any atom is -0.291 e. The van der Waals surface area contributed by atoms with Crippen molar-refractivity contribution < 1.29 is 4.79 Å². The summed E-state index contributed by atoms with van der Waals surface area (Å²) >= 11 is 0. The van der Waals surface area contributed by atoms with Crippen LogP contribution < -0.4 is 0 Å². The van der Waals surface area contributed by atoms with Gasteiger partial charge < -0.3 is 0 Å². The van der Waals surface area contributed by atoms with Crippen LogP contribution in [-0.4, -0.2) is 15.8 Å². The van der Waals surface area contributed by atoms with Crippen LogP contribution in [0.15, 0.2) is 0 Å². The van der Waals surface area contributed by atoms with Gasteiger partial charge in [-0.05, 0) is 25.3 Å². The third kappa shape index (κ3) is 3.40. The van der Waals surface area contributed by atoms with E-state index in [1.807, 2.05) is 27.7 Å². The summed E-state index contributed by atoms with van der Waals surface area (Å²) in [6, 6.07) is 0. The molecule has 0 aliphatic heterocycles. The van der Waals surface area contributed by atoms with Gasteiger partial charge in [-0.25, -0.2) is 9.97 Å². The van der Waals surface area contributed by atoms with E-state index in [4.69, 9.17) is 0 Å². The molecular formula is C13H22N2O. The number of ketones is 1. The fourth-order valence-corrected chi connectivity index (χ4v) is 1.72. The molecule has 16 heavy (non-hydrogen) atoms. The van der Waals surface area contributed by atoms with Crippen molar-refractivity contribution in [2.45, 2.75) is 54.4 Å². The van der Waals surface area contributed by atoms with Gasteiger partial charge in [-0.15, -0.1) is 0 Å². The highest BCUT2D eigenvalue weighted by Gasteiger charge is 2.13. The first-order valence-electron chi connectivity index (χ1n) is 5.79. The molecule has 0 fully saturated rings. The van der Waals surface area contributed by atoms with Crippen LogP contribution in [0.5, 0.6) is 0 Å². The van der Waals surface area contributed by atoms with Crippen molar-refractivity contribution in [2.24, 2.45) is 0 Å². The van der Waals surface area contributed by atoms with Gasteiger partial charge in [-0.3, -0.25) is 4.79 Å². The summed E-state index contributed by atoms with van der Waals surface area (Å²) in [4.78, 5) is 19.5. The number of hydrogen-bond acceptors (Lipinski definition) is 3. The van der Waals surface area contributed by atoms with Gasteiger partial charge in [-0.1, -0.05) is 27.7 Å². The van der Waals surface area contributed by atoms with E-state index in [0.29, 0.717) is 11.7 Å². The van der Waals surface area contributed by atoms with Crippen molar-refractivity contribution in [2.75, 3.05) is 0 Å². The molecule has 0 amide bonds. The molecule has 0 unspecified atom stereocenters. The zero-order valence-corrected chi connectivity index (χ0v) is 11.4. The number of carbonyl (C=O) groups excluding carboxylic acids is 1.